The van der Waals surface area contributed by atoms with Gasteiger partial charge < -0.3 is 10.2 Å². The Balaban J connectivity index is 1.77. The molecule has 0 unspecified atom stereocenters. The summed E-state index contributed by atoms with van der Waals surface area (Å²) in [5.41, 5.74) is 3.93. The first kappa shape index (κ1) is 18.3. The lowest BCUT2D eigenvalue weighted by Crippen LogP contribution is -2.54. The molecule has 3 heteroatoms. The second-order valence-corrected chi connectivity index (χ2v) is 9.85. The molecule has 26 heavy (non-hydrogen) atoms. The fourth-order valence-corrected chi connectivity index (χ4v) is 7.70. The number of nitrogens with zero attached hydrogens (tertiary/aromatic N) is 1. The van der Waals surface area contributed by atoms with E-state index in [1.54, 1.807) is 0 Å². The third-order valence-electron chi connectivity index (χ3n) is 8.78. The monoisotopic (exact) mass is 355 g/mol. The Hall–Kier alpha value is -1.11. The van der Waals surface area contributed by atoms with Crippen molar-refractivity contribution in [2.75, 3.05) is 6.61 Å². The van der Waals surface area contributed by atoms with E-state index in [-0.39, 0.29) is 23.5 Å². The minimum atomic E-state index is -0.186. The van der Waals surface area contributed by atoms with Gasteiger partial charge in [0.05, 0.1) is 12.7 Å². The molecule has 0 bridgehead atoms. The van der Waals surface area contributed by atoms with Gasteiger partial charge in [0.2, 0.25) is 0 Å². The zero-order valence-corrected chi connectivity index (χ0v) is 16.5. The number of aliphatic hydroxyl groups excluding tert-OH is 2. The molecule has 0 radical (unpaired) electrons. The molecule has 3 fully saturated rings. The zero-order valence-electron chi connectivity index (χ0n) is 16.5. The second kappa shape index (κ2) is 6.21. The van der Waals surface area contributed by atoms with Crippen molar-refractivity contribution in [3.63, 3.8) is 0 Å². The van der Waals surface area contributed by atoms with Crippen LogP contribution in [0.5, 0.6) is 0 Å². The van der Waals surface area contributed by atoms with Gasteiger partial charge in [-0.3, -0.25) is 0 Å². The lowest BCUT2D eigenvalue weighted by molar-refractivity contribution is -0.0809. The van der Waals surface area contributed by atoms with Gasteiger partial charge in [-0.05, 0) is 86.4 Å². The first-order valence-corrected chi connectivity index (χ1v) is 10.4. The summed E-state index contributed by atoms with van der Waals surface area (Å²) in [6.07, 6.45) is 9.36. The first-order chi connectivity index (χ1) is 12.3. The van der Waals surface area contributed by atoms with Crippen LogP contribution in [0, 0.1) is 41.1 Å². The molecule has 0 saturated heterocycles. The molecule has 0 aromatic carbocycles. The summed E-state index contributed by atoms with van der Waals surface area (Å²) in [5.74, 6) is 2.05. The fourth-order valence-electron chi connectivity index (χ4n) is 7.70. The highest BCUT2D eigenvalue weighted by Crippen LogP contribution is 2.67. The minimum absolute atomic E-state index is 0.0824. The number of allylic oxidation sites excluding steroid dienone is 3. The molecule has 0 spiro atoms. The maximum atomic E-state index is 10.4. The predicted octanol–water partition coefficient (Wildman–Crippen LogP) is 4.72. The van der Waals surface area contributed by atoms with E-state index >= 15 is 0 Å². The second-order valence-electron chi connectivity index (χ2n) is 9.85. The van der Waals surface area contributed by atoms with Crippen molar-refractivity contribution in [3.8, 4) is 0 Å². The maximum absolute atomic E-state index is 10.4. The van der Waals surface area contributed by atoms with Gasteiger partial charge in [0.25, 0.3) is 0 Å². The van der Waals surface area contributed by atoms with Crippen LogP contribution < -0.4 is 0 Å². The van der Waals surface area contributed by atoms with Crippen LogP contribution in [-0.2, 0) is 0 Å². The van der Waals surface area contributed by atoms with Crippen LogP contribution >= 0.6 is 0 Å². The normalized spacial score (nSPS) is 49.4. The minimum Gasteiger partial charge on any atom is -0.396 e. The molecule has 7 atom stereocenters. The van der Waals surface area contributed by atoms with Crippen LogP contribution in [0.15, 0.2) is 22.9 Å². The molecule has 0 aromatic rings. The third-order valence-corrected chi connectivity index (χ3v) is 8.78. The Morgan fingerprint density at radius 2 is 2.08 bits per heavy atom. The smallest absolute Gasteiger partial charge is 0.162 e. The molecule has 0 aromatic heterocycles. The quantitative estimate of drug-likeness (QED) is 0.528. The van der Waals surface area contributed by atoms with Crippen LogP contribution in [0.3, 0.4) is 0 Å². The van der Waals surface area contributed by atoms with Crippen molar-refractivity contribution in [2.24, 2.45) is 34.5 Å². The lowest BCUT2D eigenvalue weighted by atomic mass is 9.45. The first-order valence-electron chi connectivity index (χ1n) is 10.4. The average molecular weight is 356 g/mol. The molecule has 4 rings (SSSR count). The Kier molecular flexibility index (Phi) is 4.36. The van der Waals surface area contributed by atoms with Crippen molar-refractivity contribution in [1.82, 2.24) is 0 Å². The van der Waals surface area contributed by atoms with Gasteiger partial charge in [0, 0.05) is 6.61 Å². The molecule has 3 saturated carbocycles. The molecule has 4 aliphatic rings. The highest BCUT2D eigenvalue weighted by atomic mass is 16.3. The van der Waals surface area contributed by atoms with Gasteiger partial charge in [-0.15, -0.1) is 0 Å². The lowest BCUT2D eigenvalue weighted by Gasteiger charge is -2.60. The van der Waals surface area contributed by atoms with Gasteiger partial charge in [-0.25, -0.2) is 4.85 Å². The van der Waals surface area contributed by atoms with Crippen LogP contribution in [-0.4, -0.2) is 22.9 Å². The fraction of sp³-hybridized carbons (Fsp3) is 0.783. The zero-order chi connectivity index (χ0) is 18.7. The summed E-state index contributed by atoms with van der Waals surface area (Å²) >= 11 is 0. The number of fused-ring (bicyclic) bond motifs is 5. The van der Waals surface area contributed by atoms with Crippen molar-refractivity contribution >= 4 is 0 Å². The highest BCUT2D eigenvalue weighted by Gasteiger charge is 2.60. The van der Waals surface area contributed by atoms with Gasteiger partial charge in [-0.2, -0.15) is 0 Å². The Morgan fingerprint density at radius 3 is 2.77 bits per heavy atom. The molecule has 2 N–H and O–H groups in total. The molecular formula is C23H33NO2. The standard InChI is InChI=1S/C23H33NO2/c1-14(24-4)19-7-8-20-18-6-5-16-11-17(26)9-10-22(16,2)21(18)15(13-25)12-23(19,20)3/h5,15,17-18,20-21,25-26H,6-13H2,1-3H3/b19-14-/t15-,17-,18+,20+,21+,22+,23-/m1/s1. The summed E-state index contributed by atoms with van der Waals surface area (Å²) in [5, 5.41) is 20.5. The Labute approximate surface area is 158 Å². The van der Waals surface area contributed by atoms with Gasteiger partial charge in [-0.1, -0.05) is 31.1 Å². The summed E-state index contributed by atoms with van der Waals surface area (Å²) in [4.78, 5) is 3.78. The topological polar surface area (TPSA) is 44.8 Å². The van der Waals surface area contributed by atoms with E-state index < -0.39 is 0 Å². The van der Waals surface area contributed by atoms with E-state index in [0.717, 1.165) is 44.2 Å². The van der Waals surface area contributed by atoms with Crippen molar-refractivity contribution < 1.29 is 10.2 Å². The van der Waals surface area contributed by atoms with E-state index in [4.69, 9.17) is 6.57 Å². The molecule has 142 valence electrons. The largest absolute Gasteiger partial charge is 0.396 e. The van der Waals surface area contributed by atoms with Gasteiger partial charge in [0.15, 0.2) is 5.70 Å². The highest BCUT2D eigenvalue weighted by molar-refractivity contribution is 5.33. The molecule has 0 heterocycles. The summed E-state index contributed by atoms with van der Waals surface area (Å²) in [6.45, 7) is 14.5. The van der Waals surface area contributed by atoms with Gasteiger partial charge >= 0.3 is 0 Å². The number of aliphatic hydroxyl groups is 2. The van der Waals surface area contributed by atoms with E-state index in [1.807, 2.05) is 6.92 Å². The van der Waals surface area contributed by atoms with E-state index in [9.17, 15) is 10.2 Å². The van der Waals surface area contributed by atoms with Gasteiger partial charge in [0.1, 0.15) is 0 Å². The third kappa shape index (κ3) is 2.38. The van der Waals surface area contributed by atoms with E-state index in [2.05, 4.69) is 24.8 Å². The molecule has 0 aliphatic heterocycles. The molecule has 3 nitrogen and oxygen atoms in total. The summed E-state index contributed by atoms with van der Waals surface area (Å²) < 4.78 is 0. The molecule has 4 aliphatic carbocycles. The summed E-state index contributed by atoms with van der Waals surface area (Å²) in [6, 6.07) is 0. The van der Waals surface area contributed by atoms with Crippen LogP contribution in [0.2, 0.25) is 0 Å². The van der Waals surface area contributed by atoms with Crippen molar-refractivity contribution in [1.29, 1.82) is 0 Å². The maximum Gasteiger partial charge on any atom is 0.162 e. The summed E-state index contributed by atoms with van der Waals surface area (Å²) in [7, 11) is 0. The van der Waals surface area contributed by atoms with Crippen molar-refractivity contribution in [3.05, 3.63) is 34.3 Å². The van der Waals surface area contributed by atoms with Crippen molar-refractivity contribution in [2.45, 2.75) is 71.8 Å². The van der Waals surface area contributed by atoms with Crippen LogP contribution in [0.25, 0.3) is 4.85 Å². The van der Waals surface area contributed by atoms with Crippen LogP contribution in [0.1, 0.15) is 65.7 Å². The Morgan fingerprint density at radius 1 is 1.31 bits per heavy atom. The molecular weight excluding hydrogens is 322 g/mol. The number of rotatable bonds is 1. The Bertz CT molecular complexity index is 701. The molecule has 0 amide bonds. The number of hydrogen-bond donors (Lipinski definition) is 2. The SMILES string of the molecule is [C-]#[N+]/C(C)=C1/CC[C@H]2[C@@H]3CC=C4C[C@H](O)CC[C@]4(C)[C@H]3[C@@H](CO)C[C@]12C. The predicted molar refractivity (Wildman–Crippen MR) is 103 cm³/mol. The average Bonchev–Trinajstić information content (AvgIpc) is 2.97. The van der Waals surface area contributed by atoms with Crippen LogP contribution in [0.4, 0.5) is 0 Å². The van der Waals surface area contributed by atoms with E-state index in [0.29, 0.717) is 23.7 Å². The number of hydrogen-bond acceptors (Lipinski definition) is 2. The van der Waals surface area contributed by atoms with E-state index in [1.165, 1.54) is 17.6 Å².